The lowest BCUT2D eigenvalue weighted by molar-refractivity contribution is 0.381. The van der Waals surface area contributed by atoms with E-state index in [1.807, 2.05) is 0 Å². The summed E-state index contributed by atoms with van der Waals surface area (Å²) in [6.07, 6.45) is 9.44. The highest BCUT2D eigenvalue weighted by molar-refractivity contribution is 7.80. The number of hydrogen-bond donors (Lipinski definition) is 1. The Bertz CT molecular complexity index is 294. The molecule has 2 rings (SSSR count). The van der Waals surface area contributed by atoms with E-state index in [4.69, 9.17) is 0 Å². The summed E-state index contributed by atoms with van der Waals surface area (Å²) in [4.78, 5) is 0. The maximum absolute atomic E-state index is 4.64. The van der Waals surface area contributed by atoms with Crippen molar-refractivity contribution in [1.82, 2.24) is 0 Å². The lowest BCUT2D eigenvalue weighted by Crippen LogP contribution is -2.12. The van der Waals surface area contributed by atoms with Crippen molar-refractivity contribution < 1.29 is 0 Å². The van der Waals surface area contributed by atoms with Gasteiger partial charge in [0.15, 0.2) is 0 Å². The van der Waals surface area contributed by atoms with Crippen molar-refractivity contribution in [1.29, 1.82) is 0 Å². The van der Waals surface area contributed by atoms with Crippen molar-refractivity contribution >= 4 is 12.6 Å². The van der Waals surface area contributed by atoms with Gasteiger partial charge in [-0.1, -0.05) is 49.6 Å². The maximum atomic E-state index is 4.64. The molecule has 1 aliphatic rings. The van der Waals surface area contributed by atoms with Crippen LogP contribution in [0, 0.1) is 5.92 Å². The van der Waals surface area contributed by atoms with Crippen LogP contribution in [0.3, 0.4) is 0 Å². The molecule has 0 bridgehead atoms. The highest BCUT2D eigenvalue weighted by atomic mass is 32.1. The van der Waals surface area contributed by atoms with E-state index < -0.39 is 0 Å². The third-order valence-electron chi connectivity index (χ3n) is 3.68. The first-order chi connectivity index (χ1) is 7.84. The van der Waals surface area contributed by atoms with Crippen LogP contribution >= 0.6 is 12.6 Å². The zero-order chi connectivity index (χ0) is 11.2. The van der Waals surface area contributed by atoms with E-state index in [0.717, 1.165) is 5.92 Å². The minimum Gasteiger partial charge on any atom is -0.176 e. The molecule has 0 N–H and O–H groups in total. The molecule has 0 nitrogen and oxygen atoms in total. The molecular formula is C15H22S. The first kappa shape index (κ1) is 12.0. The summed E-state index contributed by atoms with van der Waals surface area (Å²) in [5, 5.41) is 0.651. The van der Waals surface area contributed by atoms with Crippen molar-refractivity contribution in [2.45, 2.75) is 50.2 Å². The smallest absolute Gasteiger partial charge is 0.00169 e. The molecule has 1 aromatic rings. The fraction of sp³-hybridized carbons (Fsp3) is 0.600. The fourth-order valence-corrected chi connectivity index (χ4v) is 3.01. The highest BCUT2D eigenvalue weighted by Crippen LogP contribution is 2.27. The summed E-state index contributed by atoms with van der Waals surface area (Å²) < 4.78 is 0. The van der Waals surface area contributed by atoms with E-state index in [0.29, 0.717) is 5.25 Å². The van der Waals surface area contributed by atoms with E-state index in [2.05, 4.69) is 43.0 Å². The monoisotopic (exact) mass is 234 g/mol. The molecule has 0 heterocycles. The first-order valence-electron chi connectivity index (χ1n) is 6.56. The summed E-state index contributed by atoms with van der Waals surface area (Å²) in [7, 11) is 0. The average Bonchev–Trinajstić information content (AvgIpc) is 2.30. The largest absolute Gasteiger partial charge is 0.176 e. The molecule has 0 aromatic heterocycles. The third kappa shape index (κ3) is 3.86. The van der Waals surface area contributed by atoms with Gasteiger partial charge in [0.25, 0.3) is 0 Å². The van der Waals surface area contributed by atoms with Gasteiger partial charge in [-0.05, 0) is 37.2 Å². The fourth-order valence-electron chi connectivity index (χ4n) is 2.68. The molecule has 0 saturated heterocycles. The van der Waals surface area contributed by atoms with Gasteiger partial charge in [0.05, 0.1) is 0 Å². The van der Waals surface area contributed by atoms with Gasteiger partial charge >= 0.3 is 0 Å². The topological polar surface area (TPSA) is 0 Å². The molecule has 1 aromatic carbocycles. The van der Waals surface area contributed by atoms with E-state index in [1.54, 1.807) is 0 Å². The Kier molecular flexibility index (Phi) is 4.77. The molecule has 2 unspecified atom stereocenters. The van der Waals surface area contributed by atoms with Gasteiger partial charge in [-0.15, -0.1) is 0 Å². The number of benzene rings is 1. The second-order valence-corrected chi connectivity index (χ2v) is 5.80. The summed E-state index contributed by atoms with van der Waals surface area (Å²) >= 11 is 4.64. The van der Waals surface area contributed by atoms with Crippen LogP contribution in [0.4, 0.5) is 0 Å². The zero-order valence-electron chi connectivity index (χ0n) is 9.94. The maximum Gasteiger partial charge on any atom is 0.00169 e. The second kappa shape index (κ2) is 6.34. The van der Waals surface area contributed by atoms with Crippen LogP contribution in [0.2, 0.25) is 0 Å². The van der Waals surface area contributed by atoms with Crippen LogP contribution in [-0.2, 0) is 6.42 Å². The summed E-state index contributed by atoms with van der Waals surface area (Å²) in [5.41, 5.74) is 1.50. The van der Waals surface area contributed by atoms with E-state index in [-0.39, 0.29) is 0 Å². The molecule has 88 valence electrons. The Morgan fingerprint density at radius 3 is 2.50 bits per heavy atom. The molecule has 0 aliphatic heterocycles. The van der Waals surface area contributed by atoms with Crippen LogP contribution in [0.15, 0.2) is 30.3 Å². The summed E-state index contributed by atoms with van der Waals surface area (Å²) in [6.45, 7) is 0. The Morgan fingerprint density at radius 1 is 0.938 bits per heavy atom. The molecule has 0 spiro atoms. The number of thiol groups is 1. The third-order valence-corrected chi connectivity index (χ3v) is 4.19. The standard InChI is InChI=1S/C15H22S/c16-15-9-5-4-8-14(10-11-15)12-13-6-2-1-3-7-13/h1-3,6-7,14-16H,4-5,8-12H2. The molecule has 0 radical (unpaired) electrons. The van der Waals surface area contributed by atoms with E-state index >= 15 is 0 Å². The minimum atomic E-state index is 0.651. The van der Waals surface area contributed by atoms with Gasteiger partial charge in [0, 0.05) is 5.25 Å². The van der Waals surface area contributed by atoms with Crippen LogP contribution in [0.1, 0.15) is 44.1 Å². The Morgan fingerprint density at radius 2 is 1.69 bits per heavy atom. The molecule has 1 aliphatic carbocycles. The Balaban J connectivity index is 1.88. The van der Waals surface area contributed by atoms with Gasteiger partial charge < -0.3 is 0 Å². The molecular weight excluding hydrogens is 212 g/mol. The molecule has 16 heavy (non-hydrogen) atoms. The number of rotatable bonds is 2. The Hall–Kier alpha value is -0.430. The molecule has 2 atom stereocenters. The summed E-state index contributed by atoms with van der Waals surface area (Å²) in [5.74, 6) is 0.886. The van der Waals surface area contributed by atoms with Crippen LogP contribution in [-0.4, -0.2) is 5.25 Å². The van der Waals surface area contributed by atoms with Crippen molar-refractivity contribution in [2.24, 2.45) is 5.92 Å². The van der Waals surface area contributed by atoms with Crippen molar-refractivity contribution in [3.63, 3.8) is 0 Å². The van der Waals surface area contributed by atoms with E-state index in [1.165, 1.54) is 50.5 Å². The predicted octanol–water partition coefficient (Wildman–Crippen LogP) is 4.50. The normalized spacial score (nSPS) is 27.1. The van der Waals surface area contributed by atoms with Crippen LogP contribution in [0.5, 0.6) is 0 Å². The molecule has 0 amide bonds. The van der Waals surface area contributed by atoms with Gasteiger partial charge in [0.1, 0.15) is 0 Å². The van der Waals surface area contributed by atoms with E-state index in [9.17, 15) is 0 Å². The molecule has 1 fully saturated rings. The molecule has 1 heteroatoms. The van der Waals surface area contributed by atoms with Gasteiger partial charge in [-0.25, -0.2) is 0 Å². The Labute approximate surface area is 105 Å². The predicted molar refractivity (Wildman–Crippen MR) is 74.1 cm³/mol. The van der Waals surface area contributed by atoms with Gasteiger partial charge in [-0.2, -0.15) is 12.6 Å². The lowest BCUT2D eigenvalue weighted by Gasteiger charge is -2.22. The zero-order valence-corrected chi connectivity index (χ0v) is 10.8. The molecule has 1 saturated carbocycles. The van der Waals surface area contributed by atoms with Gasteiger partial charge in [0.2, 0.25) is 0 Å². The van der Waals surface area contributed by atoms with Crippen LogP contribution in [0.25, 0.3) is 0 Å². The first-order valence-corrected chi connectivity index (χ1v) is 7.08. The quantitative estimate of drug-likeness (QED) is 0.716. The second-order valence-electron chi connectivity index (χ2n) is 5.07. The van der Waals surface area contributed by atoms with Gasteiger partial charge in [-0.3, -0.25) is 0 Å². The average molecular weight is 234 g/mol. The SMILES string of the molecule is SC1CCCCC(Cc2ccccc2)CC1. The van der Waals surface area contributed by atoms with Crippen molar-refractivity contribution in [3.8, 4) is 0 Å². The van der Waals surface area contributed by atoms with Crippen molar-refractivity contribution in [2.75, 3.05) is 0 Å². The lowest BCUT2D eigenvalue weighted by atomic mass is 9.86. The highest BCUT2D eigenvalue weighted by Gasteiger charge is 2.15. The minimum absolute atomic E-state index is 0.651. The number of hydrogen-bond acceptors (Lipinski definition) is 1. The summed E-state index contributed by atoms with van der Waals surface area (Å²) in [6, 6.07) is 10.9. The van der Waals surface area contributed by atoms with Crippen LogP contribution < -0.4 is 0 Å². The van der Waals surface area contributed by atoms with Crippen molar-refractivity contribution in [3.05, 3.63) is 35.9 Å².